The van der Waals surface area contributed by atoms with E-state index in [2.05, 4.69) is 20.9 Å². The highest BCUT2D eigenvalue weighted by Gasteiger charge is 2.02. The average Bonchev–Trinajstić information content (AvgIpc) is 2.38. The predicted molar refractivity (Wildman–Crippen MR) is 68.6 cm³/mol. The largest absolute Gasteiger partial charge is 0.488 e. The molecule has 0 aliphatic carbocycles. The highest BCUT2D eigenvalue weighted by molar-refractivity contribution is 9.10. The van der Waals surface area contributed by atoms with Gasteiger partial charge < -0.3 is 9.84 Å². The third kappa shape index (κ3) is 3.28. The zero-order valence-corrected chi connectivity index (χ0v) is 10.7. The van der Waals surface area contributed by atoms with Crippen LogP contribution in [-0.4, -0.2) is 10.1 Å². The van der Waals surface area contributed by atoms with Gasteiger partial charge in [0.05, 0.1) is 6.61 Å². The van der Waals surface area contributed by atoms with E-state index in [4.69, 9.17) is 9.84 Å². The highest BCUT2D eigenvalue weighted by Crippen LogP contribution is 2.18. The zero-order chi connectivity index (χ0) is 12.1. The van der Waals surface area contributed by atoms with Gasteiger partial charge >= 0.3 is 0 Å². The Bertz CT molecular complexity index is 485. The Balaban J connectivity index is 2.04. The van der Waals surface area contributed by atoms with Crippen LogP contribution in [0.5, 0.6) is 5.75 Å². The minimum absolute atomic E-state index is 0.0660. The molecule has 1 aromatic carbocycles. The number of rotatable bonds is 4. The number of pyridine rings is 1. The van der Waals surface area contributed by atoms with Gasteiger partial charge in [-0.2, -0.15) is 0 Å². The summed E-state index contributed by atoms with van der Waals surface area (Å²) in [5, 5.41) is 9.13. The van der Waals surface area contributed by atoms with Crippen molar-refractivity contribution >= 4 is 15.9 Å². The molecule has 0 spiro atoms. The normalized spacial score (nSPS) is 10.2. The summed E-state index contributed by atoms with van der Waals surface area (Å²) in [6.45, 7) is 0.411. The molecule has 88 valence electrons. The molecule has 2 aromatic rings. The Morgan fingerprint density at radius 2 is 1.94 bits per heavy atom. The Kier molecular flexibility index (Phi) is 4.12. The second-order valence-electron chi connectivity index (χ2n) is 3.56. The summed E-state index contributed by atoms with van der Waals surface area (Å²) < 4.78 is 6.68. The fourth-order valence-electron chi connectivity index (χ4n) is 1.42. The lowest BCUT2D eigenvalue weighted by Crippen LogP contribution is -1.99. The summed E-state index contributed by atoms with van der Waals surface area (Å²) in [7, 11) is 0. The molecule has 0 saturated heterocycles. The van der Waals surface area contributed by atoms with Gasteiger partial charge in [-0.1, -0.05) is 28.1 Å². The second kappa shape index (κ2) is 5.80. The SMILES string of the molecule is OCc1cnccc1OCc1ccc(Br)cc1. The molecule has 0 saturated carbocycles. The average molecular weight is 294 g/mol. The van der Waals surface area contributed by atoms with E-state index in [1.54, 1.807) is 18.5 Å². The molecule has 0 aliphatic heterocycles. The Morgan fingerprint density at radius 1 is 1.18 bits per heavy atom. The van der Waals surface area contributed by atoms with Crippen LogP contribution in [-0.2, 0) is 13.2 Å². The lowest BCUT2D eigenvalue weighted by Gasteiger charge is -2.09. The Hall–Kier alpha value is -1.39. The molecule has 0 atom stereocenters. The first-order valence-corrected chi connectivity index (χ1v) is 6.00. The van der Waals surface area contributed by atoms with Crippen LogP contribution >= 0.6 is 15.9 Å². The van der Waals surface area contributed by atoms with Gasteiger partial charge in [0.2, 0.25) is 0 Å². The van der Waals surface area contributed by atoms with E-state index in [9.17, 15) is 0 Å². The molecule has 4 heteroatoms. The second-order valence-corrected chi connectivity index (χ2v) is 4.47. The topological polar surface area (TPSA) is 42.4 Å². The van der Waals surface area contributed by atoms with Gasteiger partial charge in [-0.3, -0.25) is 4.98 Å². The van der Waals surface area contributed by atoms with Gasteiger partial charge in [0.1, 0.15) is 12.4 Å². The third-order valence-electron chi connectivity index (χ3n) is 2.34. The molecular formula is C13H12BrNO2. The number of aliphatic hydroxyl groups excluding tert-OH is 1. The molecule has 1 aromatic heterocycles. The quantitative estimate of drug-likeness (QED) is 0.942. The van der Waals surface area contributed by atoms with Gasteiger partial charge in [0.15, 0.2) is 0 Å². The molecule has 17 heavy (non-hydrogen) atoms. The highest BCUT2D eigenvalue weighted by atomic mass is 79.9. The van der Waals surface area contributed by atoms with Crippen molar-refractivity contribution in [2.75, 3.05) is 0 Å². The molecule has 0 radical (unpaired) electrons. The summed E-state index contributed by atoms with van der Waals surface area (Å²) in [5.41, 5.74) is 1.78. The number of aliphatic hydroxyl groups is 1. The molecule has 1 heterocycles. The molecule has 0 amide bonds. The van der Waals surface area contributed by atoms with E-state index >= 15 is 0 Å². The summed E-state index contributed by atoms with van der Waals surface area (Å²) in [6, 6.07) is 9.68. The first-order chi connectivity index (χ1) is 8.29. The smallest absolute Gasteiger partial charge is 0.128 e. The summed E-state index contributed by atoms with van der Waals surface area (Å²) in [5.74, 6) is 0.672. The van der Waals surface area contributed by atoms with Crippen molar-refractivity contribution in [3.8, 4) is 5.75 Å². The van der Waals surface area contributed by atoms with Gasteiger partial charge in [0, 0.05) is 22.4 Å². The van der Waals surface area contributed by atoms with Gasteiger partial charge in [-0.05, 0) is 23.8 Å². The Labute approximate surface area is 108 Å². The fourth-order valence-corrected chi connectivity index (χ4v) is 1.68. The third-order valence-corrected chi connectivity index (χ3v) is 2.87. The van der Waals surface area contributed by atoms with Crippen LogP contribution in [0.25, 0.3) is 0 Å². The minimum atomic E-state index is -0.0660. The van der Waals surface area contributed by atoms with E-state index < -0.39 is 0 Å². The van der Waals surface area contributed by atoms with E-state index in [1.165, 1.54) is 0 Å². The van der Waals surface area contributed by atoms with Crippen molar-refractivity contribution < 1.29 is 9.84 Å². The first-order valence-electron chi connectivity index (χ1n) is 5.20. The van der Waals surface area contributed by atoms with Crippen LogP contribution in [0.2, 0.25) is 0 Å². The van der Waals surface area contributed by atoms with Gasteiger partial charge in [0.25, 0.3) is 0 Å². The van der Waals surface area contributed by atoms with Crippen molar-refractivity contribution in [3.63, 3.8) is 0 Å². The summed E-state index contributed by atoms with van der Waals surface area (Å²) >= 11 is 3.38. The summed E-state index contributed by atoms with van der Waals surface area (Å²) in [6.07, 6.45) is 3.26. The maximum absolute atomic E-state index is 9.13. The molecule has 2 rings (SSSR count). The number of benzene rings is 1. The van der Waals surface area contributed by atoms with Crippen LogP contribution < -0.4 is 4.74 Å². The van der Waals surface area contributed by atoms with Crippen molar-refractivity contribution in [2.24, 2.45) is 0 Å². The van der Waals surface area contributed by atoms with Crippen molar-refractivity contribution in [2.45, 2.75) is 13.2 Å². The molecule has 0 fully saturated rings. The van der Waals surface area contributed by atoms with Gasteiger partial charge in [-0.15, -0.1) is 0 Å². The zero-order valence-electron chi connectivity index (χ0n) is 9.14. The lowest BCUT2D eigenvalue weighted by atomic mass is 10.2. The van der Waals surface area contributed by atoms with E-state index in [0.717, 1.165) is 10.0 Å². The number of hydrogen-bond acceptors (Lipinski definition) is 3. The van der Waals surface area contributed by atoms with Crippen LogP contribution in [0.1, 0.15) is 11.1 Å². The number of aromatic nitrogens is 1. The molecule has 3 nitrogen and oxygen atoms in total. The van der Waals surface area contributed by atoms with Gasteiger partial charge in [-0.25, -0.2) is 0 Å². The predicted octanol–water partition coefficient (Wildman–Crippen LogP) is 2.92. The van der Waals surface area contributed by atoms with Crippen molar-refractivity contribution in [1.82, 2.24) is 4.98 Å². The molecule has 0 aliphatic rings. The summed E-state index contributed by atoms with van der Waals surface area (Å²) in [4.78, 5) is 3.94. The number of hydrogen-bond donors (Lipinski definition) is 1. The van der Waals surface area contributed by atoms with Crippen molar-refractivity contribution in [1.29, 1.82) is 0 Å². The number of halogens is 1. The lowest BCUT2D eigenvalue weighted by molar-refractivity contribution is 0.258. The fraction of sp³-hybridized carbons (Fsp3) is 0.154. The van der Waals surface area contributed by atoms with E-state index in [1.807, 2.05) is 24.3 Å². The Morgan fingerprint density at radius 3 is 2.65 bits per heavy atom. The van der Waals surface area contributed by atoms with Crippen molar-refractivity contribution in [3.05, 3.63) is 58.3 Å². The van der Waals surface area contributed by atoms with Crippen LogP contribution in [0.3, 0.4) is 0 Å². The molecule has 0 bridgehead atoms. The minimum Gasteiger partial charge on any atom is -0.488 e. The van der Waals surface area contributed by atoms with E-state index in [0.29, 0.717) is 17.9 Å². The first kappa shape index (κ1) is 12.1. The standard InChI is InChI=1S/C13H12BrNO2/c14-12-3-1-10(2-4-12)9-17-13-5-6-15-7-11(13)8-16/h1-7,16H,8-9H2. The monoisotopic (exact) mass is 293 g/mol. The maximum atomic E-state index is 9.13. The number of ether oxygens (including phenoxy) is 1. The molecule has 1 N–H and O–H groups in total. The molecular weight excluding hydrogens is 282 g/mol. The number of nitrogens with zero attached hydrogens (tertiary/aromatic N) is 1. The van der Waals surface area contributed by atoms with E-state index in [-0.39, 0.29) is 6.61 Å². The van der Waals surface area contributed by atoms with Crippen LogP contribution in [0, 0.1) is 0 Å². The van der Waals surface area contributed by atoms with Crippen LogP contribution in [0.15, 0.2) is 47.2 Å². The maximum Gasteiger partial charge on any atom is 0.128 e. The molecule has 0 unspecified atom stereocenters. The van der Waals surface area contributed by atoms with Crippen LogP contribution in [0.4, 0.5) is 0 Å².